The van der Waals surface area contributed by atoms with Crippen molar-refractivity contribution in [2.24, 2.45) is 5.41 Å². The van der Waals surface area contributed by atoms with Crippen molar-refractivity contribution in [3.8, 4) is 0 Å². The Kier molecular flexibility index (Phi) is 7.72. The lowest BCUT2D eigenvalue weighted by atomic mass is 9.72. The molecule has 0 N–H and O–H groups in total. The number of rotatable bonds is 0. The van der Waals surface area contributed by atoms with Gasteiger partial charge in [0.1, 0.15) is 5.78 Å². The molecule has 0 bridgehead atoms. The van der Waals surface area contributed by atoms with Gasteiger partial charge in [-0.1, -0.05) is 47.0 Å². The molecule has 2 fully saturated rings. The molecule has 0 aromatic heterocycles. The molecule has 0 aromatic carbocycles. The Hall–Kier alpha value is -0.330. The number of carbonyl (C=O) groups excluding carboxylic acids is 1. The predicted molar refractivity (Wildman–Crippen MR) is 67.1 cm³/mol. The van der Waals surface area contributed by atoms with Crippen molar-refractivity contribution >= 4 is 5.78 Å². The summed E-state index contributed by atoms with van der Waals surface area (Å²) in [5, 5.41) is 0. The molecule has 2 aliphatic rings. The van der Waals surface area contributed by atoms with Crippen LogP contribution in [0.5, 0.6) is 0 Å². The van der Waals surface area contributed by atoms with Gasteiger partial charge < -0.3 is 0 Å². The maximum absolute atomic E-state index is 11.6. The molecule has 0 radical (unpaired) electrons. The molecule has 1 nitrogen and oxygen atoms in total. The topological polar surface area (TPSA) is 17.1 Å². The predicted octanol–water partition coefficient (Wildman–Crippen LogP) is 4.74. The highest BCUT2D eigenvalue weighted by molar-refractivity contribution is 5.86. The Balaban J connectivity index is 0.000000442. The summed E-state index contributed by atoms with van der Waals surface area (Å²) in [6, 6.07) is 0. The average molecular weight is 212 g/mol. The number of Topliss-reactive ketones (excluding diaryl/α,β-unsaturated/α-hetero) is 1. The van der Waals surface area contributed by atoms with Crippen molar-refractivity contribution in [2.75, 3.05) is 0 Å². The first-order valence-corrected chi connectivity index (χ1v) is 6.87. The summed E-state index contributed by atoms with van der Waals surface area (Å²) < 4.78 is 0. The van der Waals surface area contributed by atoms with Gasteiger partial charge in [0, 0.05) is 11.8 Å². The van der Waals surface area contributed by atoms with Crippen LogP contribution in [0.1, 0.15) is 79.1 Å². The zero-order valence-electron chi connectivity index (χ0n) is 11.1. The largest absolute Gasteiger partial charge is 0.299 e. The highest BCUT2D eigenvalue weighted by Gasteiger charge is 2.41. The summed E-state index contributed by atoms with van der Waals surface area (Å²) in [7, 11) is 0. The molecule has 2 aliphatic carbocycles. The van der Waals surface area contributed by atoms with E-state index in [-0.39, 0.29) is 5.41 Å². The van der Waals surface area contributed by atoms with E-state index in [9.17, 15) is 4.79 Å². The van der Waals surface area contributed by atoms with E-state index in [0.29, 0.717) is 5.78 Å². The highest BCUT2D eigenvalue weighted by Crippen LogP contribution is 2.46. The van der Waals surface area contributed by atoms with Crippen molar-refractivity contribution in [1.29, 1.82) is 0 Å². The van der Waals surface area contributed by atoms with Crippen LogP contribution in [0, 0.1) is 5.41 Å². The van der Waals surface area contributed by atoms with Crippen LogP contribution in [0.15, 0.2) is 0 Å². The van der Waals surface area contributed by atoms with E-state index in [2.05, 4.69) is 0 Å². The minimum Gasteiger partial charge on any atom is -0.299 e. The van der Waals surface area contributed by atoms with Crippen molar-refractivity contribution in [1.82, 2.24) is 0 Å². The van der Waals surface area contributed by atoms with Gasteiger partial charge in [0.25, 0.3) is 0 Å². The van der Waals surface area contributed by atoms with Crippen LogP contribution in [0.25, 0.3) is 0 Å². The van der Waals surface area contributed by atoms with Gasteiger partial charge in [0.15, 0.2) is 0 Å². The normalized spacial score (nSPS) is 22.5. The molecule has 15 heavy (non-hydrogen) atoms. The Bertz CT molecular complexity index is 166. The van der Waals surface area contributed by atoms with E-state index in [1.165, 1.54) is 44.9 Å². The average Bonchev–Trinajstić information content (AvgIpc) is 2.67. The fourth-order valence-corrected chi connectivity index (χ4v) is 2.75. The van der Waals surface area contributed by atoms with Gasteiger partial charge in [-0.15, -0.1) is 0 Å². The molecule has 1 heteroatoms. The molecule has 1 spiro atoms. The van der Waals surface area contributed by atoms with E-state index in [4.69, 9.17) is 0 Å². The molecular weight excluding hydrogens is 184 g/mol. The van der Waals surface area contributed by atoms with Crippen LogP contribution in [0.2, 0.25) is 0 Å². The van der Waals surface area contributed by atoms with Gasteiger partial charge in [-0.25, -0.2) is 0 Å². The van der Waals surface area contributed by atoms with Crippen molar-refractivity contribution in [3.05, 3.63) is 0 Å². The monoisotopic (exact) mass is 212 g/mol. The standard InChI is InChI=1S/C10H16O.2C2H6/c11-9-5-4-8-10(9)6-2-1-3-7-10;2*1-2/h1-8H2;2*1-2H3. The van der Waals surface area contributed by atoms with Crippen LogP contribution >= 0.6 is 0 Å². The second kappa shape index (κ2) is 7.90. The van der Waals surface area contributed by atoms with E-state index in [1.54, 1.807) is 0 Å². The zero-order valence-corrected chi connectivity index (χ0v) is 11.1. The third-order valence-corrected chi connectivity index (χ3v) is 3.46. The number of hydrogen-bond acceptors (Lipinski definition) is 1. The minimum absolute atomic E-state index is 0.193. The molecule has 0 heterocycles. The number of carbonyl (C=O) groups is 1. The second-order valence-electron chi connectivity index (χ2n) is 4.12. The van der Waals surface area contributed by atoms with Gasteiger partial charge in [-0.05, 0) is 25.7 Å². The van der Waals surface area contributed by atoms with Crippen LogP contribution in [0.4, 0.5) is 0 Å². The quantitative estimate of drug-likeness (QED) is 0.566. The fourth-order valence-electron chi connectivity index (χ4n) is 2.75. The molecule has 0 saturated heterocycles. The fraction of sp³-hybridized carbons (Fsp3) is 0.929. The summed E-state index contributed by atoms with van der Waals surface area (Å²) in [5.41, 5.74) is 0.193. The molecule has 2 rings (SSSR count). The summed E-state index contributed by atoms with van der Waals surface area (Å²) in [6.07, 6.45) is 9.59. The molecular formula is C14H28O. The number of hydrogen-bond donors (Lipinski definition) is 0. The molecule has 0 aromatic rings. The van der Waals surface area contributed by atoms with Gasteiger partial charge >= 0.3 is 0 Å². The first kappa shape index (κ1) is 14.7. The van der Waals surface area contributed by atoms with Crippen molar-refractivity contribution in [3.63, 3.8) is 0 Å². The third kappa shape index (κ3) is 3.62. The lowest BCUT2D eigenvalue weighted by molar-refractivity contribution is -0.127. The van der Waals surface area contributed by atoms with E-state index >= 15 is 0 Å². The van der Waals surface area contributed by atoms with Crippen LogP contribution < -0.4 is 0 Å². The lowest BCUT2D eigenvalue weighted by Crippen LogP contribution is -2.28. The van der Waals surface area contributed by atoms with Gasteiger partial charge in [-0.3, -0.25) is 4.79 Å². The Morgan fingerprint density at radius 1 is 0.800 bits per heavy atom. The van der Waals surface area contributed by atoms with Crippen molar-refractivity contribution < 1.29 is 4.79 Å². The van der Waals surface area contributed by atoms with Gasteiger partial charge in [-0.2, -0.15) is 0 Å². The summed E-state index contributed by atoms with van der Waals surface area (Å²) >= 11 is 0. The highest BCUT2D eigenvalue weighted by atomic mass is 16.1. The smallest absolute Gasteiger partial charge is 0.139 e. The van der Waals surface area contributed by atoms with E-state index < -0.39 is 0 Å². The van der Waals surface area contributed by atoms with Crippen LogP contribution in [0.3, 0.4) is 0 Å². The Morgan fingerprint density at radius 2 is 1.27 bits per heavy atom. The maximum Gasteiger partial charge on any atom is 0.139 e. The van der Waals surface area contributed by atoms with Gasteiger partial charge in [0.2, 0.25) is 0 Å². The SMILES string of the molecule is CC.CC.O=C1CCCC12CCCCC2. The first-order valence-electron chi connectivity index (χ1n) is 6.87. The van der Waals surface area contributed by atoms with Gasteiger partial charge in [0.05, 0.1) is 0 Å². The second-order valence-corrected chi connectivity index (χ2v) is 4.12. The number of ketones is 1. The summed E-state index contributed by atoms with van der Waals surface area (Å²) in [6.45, 7) is 8.00. The van der Waals surface area contributed by atoms with Crippen molar-refractivity contribution in [2.45, 2.75) is 79.1 Å². The first-order chi connectivity index (χ1) is 7.33. The Morgan fingerprint density at radius 3 is 1.67 bits per heavy atom. The minimum atomic E-state index is 0.193. The van der Waals surface area contributed by atoms with Crippen LogP contribution in [-0.4, -0.2) is 5.78 Å². The molecule has 0 amide bonds. The van der Waals surface area contributed by atoms with Crippen LogP contribution in [-0.2, 0) is 4.79 Å². The molecule has 0 unspecified atom stereocenters. The summed E-state index contributed by atoms with van der Waals surface area (Å²) in [4.78, 5) is 11.6. The van der Waals surface area contributed by atoms with E-state index in [0.717, 1.165) is 6.42 Å². The molecule has 0 atom stereocenters. The third-order valence-electron chi connectivity index (χ3n) is 3.46. The molecule has 2 saturated carbocycles. The van der Waals surface area contributed by atoms with E-state index in [1.807, 2.05) is 27.7 Å². The summed E-state index contributed by atoms with van der Waals surface area (Å²) in [5.74, 6) is 0.581. The lowest BCUT2D eigenvalue weighted by Gasteiger charge is -2.31. The molecule has 0 aliphatic heterocycles. The zero-order chi connectivity index (χ0) is 11.7. The Labute approximate surface area is 95.6 Å². The molecule has 90 valence electrons. The maximum atomic E-state index is 11.6.